The van der Waals surface area contributed by atoms with Crippen LogP contribution in [-0.2, 0) is 0 Å². The number of nitrogens with two attached hydrogens (primary N) is 1. The number of rotatable bonds is 4. The van der Waals surface area contributed by atoms with Gasteiger partial charge in [-0.2, -0.15) is 0 Å². The summed E-state index contributed by atoms with van der Waals surface area (Å²) < 4.78 is 0. The van der Waals surface area contributed by atoms with Crippen molar-refractivity contribution in [3.8, 4) is 0 Å². The van der Waals surface area contributed by atoms with Crippen molar-refractivity contribution in [2.45, 2.75) is 31.3 Å². The summed E-state index contributed by atoms with van der Waals surface area (Å²) in [5.41, 5.74) is 9.08. The van der Waals surface area contributed by atoms with E-state index in [9.17, 15) is 0 Å². The summed E-state index contributed by atoms with van der Waals surface area (Å²) in [5, 5.41) is 0. The van der Waals surface area contributed by atoms with Crippen LogP contribution in [0.15, 0.2) is 60.7 Å². The molecule has 1 heterocycles. The average molecular weight is 280 g/mol. The van der Waals surface area contributed by atoms with E-state index in [1.807, 2.05) is 0 Å². The minimum atomic E-state index is 0.141. The first-order valence-corrected chi connectivity index (χ1v) is 7.85. The predicted octanol–water partition coefficient (Wildman–Crippen LogP) is 3.56. The Morgan fingerprint density at radius 2 is 1.62 bits per heavy atom. The van der Waals surface area contributed by atoms with Gasteiger partial charge in [-0.25, -0.2) is 0 Å². The zero-order valence-corrected chi connectivity index (χ0v) is 12.7. The predicted molar refractivity (Wildman–Crippen MR) is 88.2 cm³/mol. The van der Waals surface area contributed by atoms with Gasteiger partial charge in [0.15, 0.2) is 0 Å². The highest BCUT2D eigenvalue weighted by atomic mass is 15.2. The second kappa shape index (κ2) is 6.42. The molecule has 0 aliphatic carbocycles. The maximum Gasteiger partial charge on any atom is 0.0496 e. The summed E-state index contributed by atoms with van der Waals surface area (Å²) in [6, 6.07) is 22.0. The molecule has 0 radical (unpaired) electrons. The van der Waals surface area contributed by atoms with Gasteiger partial charge in [0.25, 0.3) is 0 Å². The molecule has 3 atom stereocenters. The van der Waals surface area contributed by atoms with Crippen molar-refractivity contribution >= 4 is 0 Å². The number of likely N-dealkylation sites (tertiary alicyclic amines) is 1. The number of hydrogen-bond donors (Lipinski definition) is 1. The smallest absolute Gasteiger partial charge is 0.0496 e. The van der Waals surface area contributed by atoms with Crippen molar-refractivity contribution in [2.24, 2.45) is 5.73 Å². The van der Waals surface area contributed by atoms with Crippen LogP contribution in [0.2, 0.25) is 0 Å². The van der Waals surface area contributed by atoms with Crippen LogP contribution in [0.25, 0.3) is 0 Å². The van der Waals surface area contributed by atoms with Crippen molar-refractivity contribution in [2.75, 3.05) is 13.1 Å². The number of benzene rings is 2. The van der Waals surface area contributed by atoms with Crippen molar-refractivity contribution in [1.29, 1.82) is 0 Å². The average Bonchev–Trinajstić information content (AvgIpc) is 2.98. The van der Waals surface area contributed by atoms with E-state index in [1.165, 1.54) is 17.5 Å². The summed E-state index contributed by atoms with van der Waals surface area (Å²) in [6.07, 6.45) is 1.22. The van der Waals surface area contributed by atoms with Gasteiger partial charge in [-0.05, 0) is 36.9 Å². The molecule has 3 unspecified atom stereocenters. The molecule has 2 nitrogen and oxygen atoms in total. The van der Waals surface area contributed by atoms with E-state index < -0.39 is 0 Å². The van der Waals surface area contributed by atoms with E-state index in [0.29, 0.717) is 12.0 Å². The minimum Gasteiger partial charge on any atom is -0.326 e. The summed E-state index contributed by atoms with van der Waals surface area (Å²) >= 11 is 0. The first-order valence-electron chi connectivity index (χ1n) is 7.85. The fraction of sp³-hybridized carbons (Fsp3) is 0.368. The van der Waals surface area contributed by atoms with Crippen molar-refractivity contribution in [3.05, 3.63) is 71.8 Å². The Morgan fingerprint density at radius 1 is 1.00 bits per heavy atom. The molecule has 0 saturated carbocycles. The van der Waals surface area contributed by atoms with Crippen molar-refractivity contribution < 1.29 is 0 Å². The lowest BCUT2D eigenvalue weighted by atomic mass is 9.97. The maximum atomic E-state index is 6.29. The van der Waals surface area contributed by atoms with E-state index in [-0.39, 0.29) is 6.04 Å². The molecule has 0 amide bonds. The zero-order valence-electron chi connectivity index (χ0n) is 12.7. The Hall–Kier alpha value is -1.64. The Bertz CT molecular complexity index is 550. The molecule has 2 aromatic rings. The normalized spacial score (nSPS) is 22.1. The van der Waals surface area contributed by atoms with Crippen LogP contribution in [0.1, 0.15) is 36.4 Å². The van der Waals surface area contributed by atoms with Crippen LogP contribution in [-0.4, -0.2) is 24.0 Å². The first-order chi connectivity index (χ1) is 10.3. The lowest BCUT2D eigenvalue weighted by molar-refractivity contribution is 0.216. The van der Waals surface area contributed by atoms with Crippen LogP contribution < -0.4 is 5.73 Å². The van der Waals surface area contributed by atoms with Gasteiger partial charge >= 0.3 is 0 Å². The molecule has 21 heavy (non-hydrogen) atoms. The summed E-state index contributed by atoms with van der Waals surface area (Å²) in [4.78, 5) is 2.55. The third-order valence-corrected chi connectivity index (χ3v) is 4.52. The van der Waals surface area contributed by atoms with Crippen molar-refractivity contribution in [1.82, 2.24) is 4.90 Å². The van der Waals surface area contributed by atoms with Crippen LogP contribution >= 0.6 is 0 Å². The quantitative estimate of drug-likeness (QED) is 0.927. The number of nitrogens with zero attached hydrogens (tertiary/aromatic N) is 1. The Balaban J connectivity index is 1.77. The van der Waals surface area contributed by atoms with Crippen LogP contribution in [0, 0.1) is 0 Å². The molecule has 0 spiro atoms. The van der Waals surface area contributed by atoms with Crippen LogP contribution in [0.5, 0.6) is 0 Å². The number of hydrogen-bond acceptors (Lipinski definition) is 2. The molecule has 1 aliphatic heterocycles. The van der Waals surface area contributed by atoms with Gasteiger partial charge in [-0.1, -0.05) is 60.7 Å². The Kier molecular flexibility index (Phi) is 4.37. The lowest BCUT2D eigenvalue weighted by Gasteiger charge is -2.31. The molecule has 1 aliphatic rings. The van der Waals surface area contributed by atoms with Gasteiger partial charge in [-0.3, -0.25) is 4.90 Å². The highest BCUT2D eigenvalue weighted by Crippen LogP contribution is 2.34. The van der Waals surface area contributed by atoms with Gasteiger partial charge < -0.3 is 5.73 Å². The highest BCUT2D eigenvalue weighted by molar-refractivity contribution is 5.24. The summed E-state index contributed by atoms with van der Waals surface area (Å²) in [5.74, 6) is 0.635. The van der Waals surface area contributed by atoms with E-state index in [0.717, 1.165) is 13.1 Å². The topological polar surface area (TPSA) is 29.3 Å². The van der Waals surface area contributed by atoms with E-state index in [1.54, 1.807) is 0 Å². The fourth-order valence-electron chi connectivity index (χ4n) is 3.53. The second-order valence-electron chi connectivity index (χ2n) is 6.11. The third kappa shape index (κ3) is 3.17. The Morgan fingerprint density at radius 3 is 2.24 bits per heavy atom. The highest BCUT2D eigenvalue weighted by Gasteiger charge is 2.31. The summed E-state index contributed by atoms with van der Waals surface area (Å²) in [7, 11) is 0. The van der Waals surface area contributed by atoms with Gasteiger partial charge in [0, 0.05) is 18.6 Å². The van der Waals surface area contributed by atoms with Gasteiger partial charge in [0.2, 0.25) is 0 Å². The van der Waals surface area contributed by atoms with E-state index in [2.05, 4.69) is 72.5 Å². The van der Waals surface area contributed by atoms with Crippen LogP contribution in [0.4, 0.5) is 0 Å². The third-order valence-electron chi connectivity index (χ3n) is 4.52. The van der Waals surface area contributed by atoms with Crippen molar-refractivity contribution in [3.63, 3.8) is 0 Å². The zero-order chi connectivity index (χ0) is 14.7. The molecule has 2 heteroatoms. The molecule has 110 valence electrons. The monoisotopic (exact) mass is 280 g/mol. The molecule has 3 rings (SSSR count). The van der Waals surface area contributed by atoms with Gasteiger partial charge in [0.05, 0.1) is 0 Å². The summed E-state index contributed by atoms with van der Waals surface area (Å²) in [6.45, 7) is 4.35. The molecule has 1 fully saturated rings. The first kappa shape index (κ1) is 14.3. The molecule has 0 aromatic heterocycles. The molecule has 0 bridgehead atoms. The molecular formula is C19H24N2. The molecule has 2 aromatic carbocycles. The largest absolute Gasteiger partial charge is 0.326 e. The SMILES string of the molecule is CC(N)C(c1ccccc1)N1CCC(c2ccccc2)C1. The molecular weight excluding hydrogens is 256 g/mol. The van der Waals surface area contributed by atoms with Crippen LogP contribution in [0.3, 0.4) is 0 Å². The lowest BCUT2D eigenvalue weighted by Crippen LogP contribution is -2.38. The Labute approximate surface area is 127 Å². The minimum absolute atomic E-state index is 0.141. The van der Waals surface area contributed by atoms with E-state index in [4.69, 9.17) is 5.73 Å². The second-order valence-corrected chi connectivity index (χ2v) is 6.11. The van der Waals surface area contributed by atoms with Gasteiger partial charge in [0.1, 0.15) is 0 Å². The molecule has 1 saturated heterocycles. The maximum absolute atomic E-state index is 6.29. The fourth-order valence-corrected chi connectivity index (χ4v) is 3.53. The van der Waals surface area contributed by atoms with E-state index >= 15 is 0 Å². The molecule has 2 N–H and O–H groups in total. The van der Waals surface area contributed by atoms with Gasteiger partial charge in [-0.15, -0.1) is 0 Å². The standard InChI is InChI=1S/C19H24N2/c1-15(20)19(17-10-6-3-7-11-17)21-13-12-18(14-21)16-8-4-2-5-9-16/h2-11,15,18-19H,12-14,20H2,1H3.